The van der Waals surface area contributed by atoms with Crippen LogP contribution in [0.4, 0.5) is 10.8 Å². The van der Waals surface area contributed by atoms with Crippen molar-refractivity contribution in [1.82, 2.24) is 15.6 Å². The maximum Gasteiger partial charge on any atom is 0.343 e. The SMILES string of the molecule is COc1ccc(/C=N/NC(=O)Nc2nnc(-c3ccccc3OCc3ccccc3)o2)cc1. The van der Waals surface area contributed by atoms with E-state index >= 15 is 0 Å². The summed E-state index contributed by atoms with van der Waals surface area (Å²) in [7, 11) is 1.59. The number of aromatic nitrogens is 2. The van der Waals surface area contributed by atoms with Crippen LogP contribution in [0.5, 0.6) is 11.5 Å². The largest absolute Gasteiger partial charge is 0.497 e. The van der Waals surface area contributed by atoms with E-state index in [0.29, 0.717) is 17.9 Å². The fourth-order valence-electron chi connectivity index (χ4n) is 2.87. The standard InChI is InChI=1S/C24H21N5O4/c1-31-19-13-11-17(12-14-19)15-25-28-23(30)26-24-29-27-22(33-24)20-9-5-6-10-21(20)32-16-18-7-3-2-4-8-18/h2-15H,16H2,1H3,(H2,26,28,29,30)/b25-15+. The van der Waals surface area contributed by atoms with Gasteiger partial charge < -0.3 is 13.9 Å². The van der Waals surface area contributed by atoms with Crippen LogP contribution in [-0.2, 0) is 6.61 Å². The number of anilines is 1. The van der Waals surface area contributed by atoms with E-state index in [1.807, 2.05) is 60.7 Å². The van der Waals surface area contributed by atoms with Gasteiger partial charge in [-0.25, -0.2) is 10.2 Å². The van der Waals surface area contributed by atoms with Crippen LogP contribution < -0.4 is 20.2 Å². The van der Waals surface area contributed by atoms with Crippen LogP contribution in [0.25, 0.3) is 11.5 Å². The van der Waals surface area contributed by atoms with E-state index in [0.717, 1.165) is 16.9 Å². The summed E-state index contributed by atoms with van der Waals surface area (Å²) in [6, 6.07) is 23.6. The zero-order valence-electron chi connectivity index (χ0n) is 17.8. The second kappa shape index (κ2) is 10.6. The third kappa shape index (κ3) is 5.95. The molecule has 0 aliphatic carbocycles. The van der Waals surface area contributed by atoms with Crippen molar-refractivity contribution in [2.75, 3.05) is 12.4 Å². The molecule has 9 heteroatoms. The molecular weight excluding hydrogens is 422 g/mol. The Morgan fingerprint density at radius 2 is 1.76 bits per heavy atom. The van der Waals surface area contributed by atoms with E-state index in [4.69, 9.17) is 13.9 Å². The molecule has 0 bridgehead atoms. The first-order chi connectivity index (χ1) is 16.2. The van der Waals surface area contributed by atoms with Crippen LogP contribution in [0, 0.1) is 0 Å². The number of rotatable bonds is 8. The first-order valence-electron chi connectivity index (χ1n) is 10.0. The topological polar surface area (TPSA) is 111 Å². The molecule has 0 saturated heterocycles. The maximum absolute atomic E-state index is 12.1. The van der Waals surface area contributed by atoms with E-state index in [9.17, 15) is 4.79 Å². The average Bonchev–Trinajstić information content (AvgIpc) is 3.32. The van der Waals surface area contributed by atoms with Crippen LogP contribution in [0.3, 0.4) is 0 Å². The lowest BCUT2D eigenvalue weighted by Gasteiger charge is -2.09. The minimum Gasteiger partial charge on any atom is -0.497 e. The molecule has 1 aromatic heterocycles. The second-order valence-corrected chi connectivity index (χ2v) is 6.78. The number of urea groups is 1. The Labute approximate surface area is 190 Å². The Balaban J connectivity index is 1.35. The summed E-state index contributed by atoms with van der Waals surface area (Å²) in [6.07, 6.45) is 1.50. The minimum absolute atomic E-state index is 0.0694. The summed E-state index contributed by atoms with van der Waals surface area (Å²) in [5.74, 6) is 1.54. The van der Waals surface area contributed by atoms with Crippen LogP contribution in [0.15, 0.2) is 88.4 Å². The summed E-state index contributed by atoms with van der Waals surface area (Å²) in [5.41, 5.74) is 4.79. The van der Waals surface area contributed by atoms with Crippen molar-refractivity contribution in [3.05, 3.63) is 90.0 Å². The molecule has 0 spiro atoms. The molecule has 4 aromatic rings. The number of nitrogens with one attached hydrogen (secondary N) is 2. The molecule has 0 unspecified atom stereocenters. The molecule has 3 aromatic carbocycles. The minimum atomic E-state index is -0.622. The van der Waals surface area contributed by atoms with E-state index in [-0.39, 0.29) is 11.9 Å². The van der Waals surface area contributed by atoms with Crippen molar-refractivity contribution in [2.24, 2.45) is 5.10 Å². The highest BCUT2D eigenvalue weighted by Gasteiger charge is 2.15. The number of nitrogens with zero attached hydrogens (tertiary/aromatic N) is 3. The third-order valence-corrected chi connectivity index (χ3v) is 4.50. The molecule has 0 radical (unpaired) electrons. The average molecular weight is 443 g/mol. The van der Waals surface area contributed by atoms with Gasteiger partial charge in [-0.1, -0.05) is 47.6 Å². The number of amides is 2. The summed E-state index contributed by atoms with van der Waals surface area (Å²) < 4.78 is 16.6. The van der Waals surface area contributed by atoms with Crippen LogP contribution in [-0.4, -0.2) is 29.6 Å². The van der Waals surface area contributed by atoms with Gasteiger partial charge in [-0.2, -0.15) is 5.10 Å². The predicted octanol–water partition coefficient (Wildman–Crippen LogP) is 4.48. The Morgan fingerprint density at radius 1 is 1.00 bits per heavy atom. The zero-order chi connectivity index (χ0) is 22.9. The smallest absolute Gasteiger partial charge is 0.343 e. The number of benzene rings is 3. The van der Waals surface area contributed by atoms with Gasteiger partial charge in [-0.3, -0.25) is 5.32 Å². The number of carbonyl (C=O) groups excluding carboxylic acids is 1. The molecule has 2 N–H and O–H groups in total. The Bertz CT molecular complexity index is 1220. The highest BCUT2D eigenvalue weighted by atomic mass is 16.5. The van der Waals surface area contributed by atoms with Gasteiger partial charge in [0.25, 0.3) is 5.89 Å². The first-order valence-corrected chi connectivity index (χ1v) is 10.0. The molecular formula is C24H21N5O4. The normalized spacial score (nSPS) is 10.7. The van der Waals surface area contributed by atoms with E-state index in [1.54, 1.807) is 25.3 Å². The van der Waals surface area contributed by atoms with Crippen molar-refractivity contribution in [1.29, 1.82) is 0 Å². The van der Waals surface area contributed by atoms with E-state index in [1.165, 1.54) is 6.21 Å². The molecule has 1 heterocycles. The lowest BCUT2D eigenvalue weighted by molar-refractivity contribution is 0.252. The summed E-state index contributed by atoms with van der Waals surface area (Å²) >= 11 is 0. The monoisotopic (exact) mass is 443 g/mol. The van der Waals surface area contributed by atoms with Gasteiger partial charge in [0.2, 0.25) is 0 Å². The molecule has 9 nitrogen and oxygen atoms in total. The molecule has 0 aliphatic rings. The van der Waals surface area contributed by atoms with Gasteiger partial charge >= 0.3 is 12.0 Å². The van der Waals surface area contributed by atoms with Crippen LogP contribution in [0.2, 0.25) is 0 Å². The number of ether oxygens (including phenoxy) is 2. The summed E-state index contributed by atoms with van der Waals surface area (Å²) in [4.78, 5) is 12.1. The molecule has 0 aliphatic heterocycles. The lowest BCUT2D eigenvalue weighted by atomic mass is 10.2. The molecule has 166 valence electrons. The highest BCUT2D eigenvalue weighted by Crippen LogP contribution is 2.30. The summed E-state index contributed by atoms with van der Waals surface area (Å²) in [6.45, 7) is 0.395. The maximum atomic E-state index is 12.1. The number of carbonyl (C=O) groups is 1. The van der Waals surface area contributed by atoms with Crippen molar-refractivity contribution < 1.29 is 18.7 Å². The number of methoxy groups -OCH3 is 1. The number of para-hydroxylation sites is 1. The third-order valence-electron chi connectivity index (χ3n) is 4.50. The zero-order valence-corrected chi connectivity index (χ0v) is 17.8. The van der Waals surface area contributed by atoms with Crippen molar-refractivity contribution in [2.45, 2.75) is 6.61 Å². The van der Waals surface area contributed by atoms with Gasteiger partial charge in [-0.05, 0) is 47.5 Å². The fourth-order valence-corrected chi connectivity index (χ4v) is 2.87. The van der Waals surface area contributed by atoms with Crippen molar-refractivity contribution in [3.8, 4) is 23.0 Å². The number of hydrogen-bond donors (Lipinski definition) is 2. The van der Waals surface area contributed by atoms with Gasteiger partial charge in [0.1, 0.15) is 18.1 Å². The van der Waals surface area contributed by atoms with Gasteiger partial charge in [0, 0.05) is 0 Å². The molecule has 0 atom stereocenters. The highest BCUT2D eigenvalue weighted by molar-refractivity contribution is 5.88. The van der Waals surface area contributed by atoms with Crippen LogP contribution >= 0.6 is 0 Å². The Kier molecular flexibility index (Phi) is 6.92. The van der Waals surface area contributed by atoms with E-state index < -0.39 is 6.03 Å². The second-order valence-electron chi connectivity index (χ2n) is 6.78. The quantitative estimate of drug-likeness (QED) is 0.307. The van der Waals surface area contributed by atoms with Crippen molar-refractivity contribution >= 4 is 18.3 Å². The van der Waals surface area contributed by atoms with Crippen molar-refractivity contribution in [3.63, 3.8) is 0 Å². The molecule has 4 rings (SSSR count). The fraction of sp³-hybridized carbons (Fsp3) is 0.0833. The molecule has 0 fully saturated rings. The number of hydrazone groups is 1. The molecule has 33 heavy (non-hydrogen) atoms. The van der Waals surface area contributed by atoms with Gasteiger partial charge in [0.15, 0.2) is 0 Å². The van der Waals surface area contributed by atoms with E-state index in [2.05, 4.69) is 26.0 Å². The Morgan fingerprint density at radius 3 is 2.55 bits per heavy atom. The first kappa shape index (κ1) is 21.6. The summed E-state index contributed by atoms with van der Waals surface area (Å²) in [5, 5.41) is 14.2. The predicted molar refractivity (Wildman–Crippen MR) is 123 cm³/mol. The lowest BCUT2D eigenvalue weighted by Crippen LogP contribution is -2.24. The Hall–Kier alpha value is -4.66. The van der Waals surface area contributed by atoms with Gasteiger partial charge in [0.05, 0.1) is 18.9 Å². The molecule has 0 saturated carbocycles. The van der Waals surface area contributed by atoms with Gasteiger partial charge in [-0.15, -0.1) is 5.10 Å². The number of hydrogen-bond acceptors (Lipinski definition) is 7. The molecule has 2 amide bonds. The van der Waals surface area contributed by atoms with Crippen LogP contribution in [0.1, 0.15) is 11.1 Å².